The first-order chi connectivity index (χ1) is 12.6. The third-order valence-electron chi connectivity index (χ3n) is 4.07. The molecule has 1 saturated heterocycles. The van der Waals surface area contributed by atoms with Gasteiger partial charge in [-0.25, -0.2) is 0 Å². The predicted octanol–water partition coefficient (Wildman–Crippen LogP) is 2.91. The molecule has 0 radical (unpaired) electrons. The van der Waals surface area contributed by atoms with E-state index in [0.717, 1.165) is 36.4 Å². The number of amides is 1. The van der Waals surface area contributed by atoms with Gasteiger partial charge in [-0.2, -0.15) is 0 Å². The highest BCUT2D eigenvalue weighted by atomic mass is 35.5. The summed E-state index contributed by atoms with van der Waals surface area (Å²) in [5.74, 6) is 0.750. The SMILES string of the molecule is CCn1c(SC(C)C(=O)Nc2ccc(Cl)cc2)nnc1N1CCOCC1. The molecule has 0 bridgehead atoms. The van der Waals surface area contributed by atoms with Crippen LogP contribution < -0.4 is 10.2 Å². The lowest BCUT2D eigenvalue weighted by Crippen LogP contribution is -2.38. The standard InChI is InChI=1S/C17H22ClN5O2S/c1-3-23-16(22-8-10-25-11-9-22)20-21-17(23)26-12(2)15(24)19-14-6-4-13(18)5-7-14/h4-7,12H,3,8-11H2,1-2H3,(H,19,24). The number of nitrogens with zero attached hydrogens (tertiary/aromatic N) is 4. The first-order valence-electron chi connectivity index (χ1n) is 8.57. The normalized spacial score (nSPS) is 15.7. The Kier molecular flexibility index (Phi) is 6.39. The molecule has 1 aliphatic heterocycles. The number of ether oxygens (including phenoxy) is 1. The molecule has 9 heteroatoms. The van der Waals surface area contributed by atoms with Crippen LogP contribution in [0.1, 0.15) is 13.8 Å². The van der Waals surface area contributed by atoms with E-state index in [1.165, 1.54) is 11.8 Å². The number of halogens is 1. The topological polar surface area (TPSA) is 72.3 Å². The number of morpholine rings is 1. The van der Waals surface area contributed by atoms with Crippen LogP contribution in [0.4, 0.5) is 11.6 Å². The number of hydrogen-bond acceptors (Lipinski definition) is 6. The summed E-state index contributed by atoms with van der Waals surface area (Å²) >= 11 is 7.27. The van der Waals surface area contributed by atoms with Crippen LogP contribution in [-0.2, 0) is 16.1 Å². The van der Waals surface area contributed by atoms with Gasteiger partial charge in [0.2, 0.25) is 11.9 Å². The van der Waals surface area contributed by atoms with Gasteiger partial charge in [-0.3, -0.25) is 9.36 Å². The minimum Gasteiger partial charge on any atom is -0.378 e. The van der Waals surface area contributed by atoms with Crippen molar-refractivity contribution in [2.75, 3.05) is 36.5 Å². The zero-order valence-electron chi connectivity index (χ0n) is 14.8. The first kappa shape index (κ1) is 19.0. The summed E-state index contributed by atoms with van der Waals surface area (Å²) in [7, 11) is 0. The molecule has 1 fully saturated rings. The average molecular weight is 396 g/mol. The summed E-state index contributed by atoms with van der Waals surface area (Å²) in [6, 6.07) is 7.06. The second-order valence-corrected chi connectivity index (χ2v) is 7.63. The van der Waals surface area contributed by atoms with Crippen LogP contribution in [0.25, 0.3) is 0 Å². The number of aromatic nitrogens is 3. The Morgan fingerprint density at radius 2 is 2.00 bits per heavy atom. The van der Waals surface area contributed by atoms with Crippen LogP contribution in [0.15, 0.2) is 29.4 Å². The van der Waals surface area contributed by atoms with Crippen molar-refractivity contribution in [3.8, 4) is 0 Å². The summed E-state index contributed by atoms with van der Waals surface area (Å²) in [6.07, 6.45) is 0. The quantitative estimate of drug-likeness (QED) is 0.758. The highest BCUT2D eigenvalue weighted by Crippen LogP contribution is 2.27. The number of anilines is 2. The Hall–Kier alpha value is -1.77. The second-order valence-electron chi connectivity index (χ2n) is 5.88. The molecule has 1 aromatic heterocycles. The lowest BCUT2D eigenvalue weighted by Gasteiger charge is -2.27. The van der Waals surface area contributed by atoms with Gasteiger partial charge < -0.3 is 15.0 Å². The van der Waals surface area contributed by atoms with E-state index >= 15 is 0 Å². The highest BCUT2D eigenvalue weighted by Gasteiger charge is 2.23. The fourth-order valence-electron chi connectivity index (χ4n) is 2.63. The van der Waals surface area contributed by atoms with E-state index in [9.17, 15) is 4.79 Å². The zero-order valence-corrected chi connectivity index (χ0v) is 16.4. The smallest absolute Gasteiger partial charge is 0.237 e. The monoisotopic (exact) mass is 395 g/mol. The predicted molar refractivity (Wildman–Crippen MR) is 104 cm³/mol. The van der Waals surface area contributed by atoms with Crippen molar-refractivity contribution >= 4 is 40.9 Å². The van der Waals surface area contributed by atoms with E-state index in [-0.39, 0.29) is 11.2 Å². The van der Waals surface area contributed by atoms with E-state index in [4.69, 9.17) is 16.3 Å². The van der Waals surface area contributed by atoms with Crippen LogP contribution in [0.3, 0.4) is 0 Å². The average Bonchev–Trinajstić information content (AvgIpc) is 3.06. The fourth-order valence-corrected chi connectivity index (χ4v) is 3.67. The molecule has 0 spiro atoms. The third-order valence-corrected chi connectivity index (χ3v) is 5.40. The maximum Gasteiger partial charge on any atom is 0.237 e. The van der Waals surface area contributed by atoms with Crippen LogP contribution in [0.5, 0.6) is 0 Å². The van der Waals surface area contributed by atoms with Gasteiger partial charge in [0.25, 0.3) is 0 Å². The number of rotatable bonds is 6. The van der Waals surface area contributed by atoms with Crippen LogP contribution in [-0.4, -0.2) is 52.2 Å². The summed E-state index contributed by atoms with van der Waals surface area (Å²) < 4.78 is 7.44. The summed E-state index contributed by atoms with van der Waals surface area (Å²) in [5.41, 5.74) is 0.720. The Morgan fingerprint density at radius 3 is 2.65 bits per heavy atom. The summed E-state index contributed by atoms with van der Waals surface area (Å²) in [6.45, 7) is 7.64. The molecule has 0 aliphatic carbocycles. The summed E-state index contributed by atoms with van der Waals surface area (Å²) in [4.78, 5) is 14.6. The van der Waals surface area contributed by atoms with E-state index < -0.39 is 0 Å². The molecule has 0 saturated carbocycles. The molecular formula is C17H22ClN5O2S. The molecule has 1 amide bonds. The van der Waals surface area contributed by atoms with Gasteiger partial charge in [-0.15, -0.1) is 10.2 Å². The molecule has 1 N–H and O–H groups in total. The Balaban J connectivity index is 1.66. The van der Waals surface area contributed by atoms with Gasteiger partial charge in [-0.05, 0) is 38.1 Å². The molecule has 1 unspecified atom stereocenters. The van der Waals surface area contributed by atoms with Crippen molar-refractivity contribution in [2.45, 2.75) is 30.8 Å². The van der Waals surface area contributed by atoms with E-state index in [1.54, 1.807) is 24.3 Å². The van der Waals surface area contributed by atoms with Gasteiger partial charge >= 0.3 is 0 Å². The number of nitrogens with one attached hydrogen (secondary N) is 1. The van der Waals surface area contributed by atoms with Crippen molar-refractivity contribution in [3.05, 3.63) is 29.3 Å². The maximum atomic E-state index is 12.5. The Morgan fingerprint density at radius 1 is 1.31 bits per heavy atom. The molecule has 1 aliphatic rings. The van der Waals surface area contributed by atoms with Gasteiger partial charge in [0.05, 0.1) is 18.5 Å². The van der Waals surface area contributed by atoms with Gasteiger partial charge in [-0.1, -0.05) is 23.4 Å². The number of benzene rings is 1. The number of carbonyl (C=O) groups excluding carboxylic acids is 1. The van der Waals surface area contributed by atoms with Gasteiger partial charge in [0.1, 0.15) is 0 Å². The Bertz CT molecular complexity index is 746. The molecule has 1 atom stereocenters. The molecule has 3 rings (SSSR count). The van der Waals surface area contributed by atoms with Gasteiger partial charge in [0.15, 0.2) is 5.16 Å². The zero-order chi connectivity index (χ0) is 18.5. The van der Waals surface area contributed by atoms with Crippen molar-refractivity contribution in [1.82, 2.24) is 14.8 Å². The second kappa shape index (κ2) is 8.75. The Labute approximate surface area is 162 Å². The van der Waals surface area contributed by atoms with E-state index in [1.807, 2.05) is 11.5 Å². The lowest BCUT2D eigenvalue weighted by molar-refractivity contribution is -0.115. The fraction of sp³-hybridized carbons (Fsp3) is 0.471. The highest BCUT2D eigenvalue weighted by molar-refractivity contribution is 8.00. The molecule has 2 aromatic rings. The van der Waals surface area contributed by atoms with Crippen molar-refractivity contribution < 1.29 is 9.53 Å². The lowest BCUT2D eigenvalue weighted by atomic mass is 10.3. The summed E-state index contributed by atoms with van der Waals surface area (Å²) in [5, 5.41) is 12.6. The first-order valence-corrected chi connectivity index (χ1v) is 9.83. The van der Waals surface area contributed by atoms with Crippen molar-refractivity contribution in [2.24, 2.45) is 0 Å². The van der Waals surface area contributed by atoms with Crippen LogP contribution in [0, 0.1) is 0 Å². The largest absolute Gasteiger partial charge is 0.378 e. The molecular weight excluding hydrogens is 374 g/mol. The number of carbonyl (C=O) groups is 1. The minimum atomic E-state index is -0.308. The number of hydrogen-bond donors (Lipinski definition) is 1. The molecule has 140 valence electrons. The maximum absolute atomic E-state index is 12.5. The van der Waals surface area contributed by atoms with E-state index in [2.05, 4.69) is 27.3 Å². The van der Waals surface area contributed by atoms with Gasteiger partial charge in [0, 0.05) is 30.3 Å². The van der Waals surface area contributed by atoms with Crippen molar-refractivity contribution in [1.29, 1.82) is 0 Å². The van der Waals surface area contributed by atoms with E-state index in [0.29, 0.717) is 18.2 Å². The third kappa shape index (κ3) is 4.49. The molecule has 1 aromatic carbocycles. The molecule has 2 heterocycles. The molecule has 7 nitrogen and oxygen atoms in total. The number of thioether (sulfide) groups is 1. The van der Waals surface area contributed by atoms with Crippen molar-refractivity contribution in [3.63, 3.8) is 0 Å². The molecule has 26 heavy (non-hydrogen) atoms. The minimum absolute atomic E-state index is 0.0871. The van der Waals surface area contributed by atoms with Crippen LogP contribution >= 0.6 is 23.4 Å². The van der Waals surface area contributed by atoms with Crippen LogP contribution in [0.2, 0.25) is 5.02 Å².